The van der Waals surface area contributed by atoms with Crippen LogP contribution in [0.5, 0.6) is 17.2 Å². The van der Waals surface area contributed by atoms with E-state index in [-0.39, 0.29) is 5.91 Å². The zero-order valence-corrected chi connectivity index (χ0v) is 16.4. The van der Waals surface area contributed by atoms with E-state index in [1.54, 1.807) is 0 Å². The van der Waals surface area contributed by atoms with E-state index in [2.05, 4.69) is 11.0 Å². The second kappa shape index (κ2) is 8.10. The third kappa shape index (κ3) is 4.22. The molecule has 4 rings (SSSR count). The first-order chi connectivity index (χ1) is 13.6. The fourth-order valence-electron chi connectivity index (χ4n) is 3.55. The van der Waals surface area contributed by atoms with Crippen LogP contribution in [0.15, 0.2) is 42.5 Å². The molecule has 0 spiro atoms. The molecule has 1 unspecified atom stereocenters. The number of carbonyl (C=O) groups excluding carboxylic acids is 1. The molecule has 6 heteroatoms. The van der Waals surface area contributed by atoms with Gasteiger partial charge in [-0.15, -0.1) is 0 Å². The van der Waals surface area contributed by atoms with Gasteiger partial charge in [0.1, 0.15) is 5.75 Å². The molecule has 2 aliphatic heterocycles. The lowest BCUT2D eigenvalue weighted by atomic mass is 10.1. The lowest BCUT2D eigenvalue weighted by Gasteiger charge is -2.35. The first-order valence-electron chi connectivity index (χ1n) is 9.71. The quantitative estimate of drug-likeness (QED) is 0.796. The highest BCUT2D eigenvalue weighted by molar-refractivity contribution is 5.81. The minimum Gasteiger partial charge on any atom is -0.481 e. The predicted molar refractivity (Wildman–Crippen MR) is 106 cm³/mol. The maximum Gasteiger partial charge on any atom is 0.263 e. The SMILES string of the molecule is Cc1ccc(OC(C)C(=O)N2CCN(Cc3ccc4c(c3)OCO4)CC2)cc1. The number of hydrogen-bond donors (Lipinski definition) is 0. The Hall–Kier alpha value is -2.73. The summed E-state index contributed by atoms with van der Waals surface area (Å²) in [7, 11) is 0. The van der Waals surface area contributed by atoms with Crippen molar-refractivity contribution in [3.05, 3.63) is 53.6 Å². The van der Waals surface area contributed by atoms with E-state index in [0.717, 1.165) is 36.9 Å². The molecular formula is C22H26N2O4. The van der Waals surface area contributed by atoms with Crippen LogP contribution in [0.25, 0.3) is 0 Å². The minimum atomic E-state index is -0.483. The van der Waals surface area contributed by atoms with Crippen LogP contribution < -0.4 is 14.2 Å². The maximum absolute atomic E-state index is 12.7. The number of aryl methyl sites for hydroxylation is 1. The number of amides is 1. The van der Waals surface area contributed by atoms with Crippen LogP contribution in [0, 0.1) is 6.92 Å². The van der Waals surface area contributed by atoms with E-state index in [4.69, 9.17) is 14.2 Å². The highest BCUT2D eigenvalue weighted by Crippen LogP contribution is 2.32. The summed E-state index contributed by atoms with van der Waals surface area (Å²) in [4.78, 5) is 17.0. The fourth-order valence-corrected chi connectivity index (χ4v) is 3.55. The summed E-state index contributed by atoms with van der Waals surface area (Å²) in [6.45, 7) is 8.10. The molecule has 28 heavy (non-hydrogen) atoms. The molecule has 0 radical (unpaired) electrons. The van der Waals surface area contributed by atoms with Gasteiger partial charge in [0.05, 0.1) is 0 Å². The first kappa shape index (κ1) is 18.6. The van der Waals surface area contributed by atoms with E-state index >= 15 is 0 Å². The zero-order valence-electron chi connectivity index (χ0n) is 16.4. The summed E-state index contributed by atoms with van der Waals surface area (Å²) in [5.74, 6) is 2.39. The molecular weight excluding hydrogens is 356 g/mol. The van der Waals surface area contributed by atoms with Gasteiger partial charge in [-0.05, 0) is 43.7 Å². The van der Waals surface area contributed by atoms with Crippen LogP contribution in [0.3, 0.4) is 0 Å². The molecule has 148 valence electrons. The number of carbonyl (C=O) groups is 1. The molecule has 2 aromatic rings. The van der Waals surface area contributed by atoms with Crippen molar-refractivity contribution < 1.29 is 19.0 Å². The largest absolute Gasteiger partial charge is 0.481 e. The molecule has 6 nitrogen and oxygen atoms in total. The lowest BCUT2D eigenvalue weighted by molar-refractivity contribution is -0.139. The van der Waals surface area contributed by atoms with E-state index in [9.17, 15) is 4.79 Å². The highest BCUT2D eigenvalue weighted by atomic mass is 16.7. The van der Waals surface area contributed by atoms with Crippen molar-refractivity contribution in [2.45, 2.75) is 26.5 Å². The number of rotatable bonds is 5. The third-order valence-electron chi connectivity index (χ3n) is 5.21. The van der Waals surface area contributed by atoms with Crippen molar-refractivity contribution in [2.75, 3.05) is 33.0 Å². The Morgan fingerprint density at radius 1 is 1.04 bits per heavy atom. The summed E-state index contributed by atoms with van der Waals surface area (Å²) < 4.78 is 16.6. The van der Waals surface area contributed by atoms with Crippen molar-refractivity contribution >= 4 is 5.91 Å². The van der Waals surface area contributed by atoms with Crippen LogP contribution in [-0.2, 0) is 11.3 Å². The van der Waals surface area contributed by atoms with Gasteiger partial charge < -0.3 is 19.1 Å². The molecule has 2 heterocycles. The Morgan fingerprint density at radius 3 is 2.50 bits per heavy atom. The first-order valence-corrected chi connectivity index (χ1v) is 9.71. The summed E-state index contributed by atoms with van der Waals surface area (Å²) in [5.41, 5.74) is 2.37. The van der Waals surface area contributed by atoms with Crippen molar-refractivity contribution in [2.24, 2.45) is 0 Å². The molecule has 1 fully saturated rings. The van der Waals surface area contributed by atoms with Gasteiger partial charge in [0.2, 0.25) is 6.79 Å². The van der Waals surface area contributed by atoms with Crippen molar-refractivity contribution in [1.29, 1.82) is 0 Å². The number of benzene rings is 2. The Balaban J connectivity index is 1.27. The fraction of sp³-hybridized carbons (Fsp3) is 0.409. The Morgan fingerprint density at radius 2 is 1.75 bits per heavy atom. The Kier molecular flexibility index (Phi) is 5.39. The van der Waals surface area contributed by atoms with Crippen molar-refractivity contribution in [3.63, 3.8) is 0 Å². The second-order valence-corrected chi connectivity index (χ2v) is 7.36. The summed E-state index contributed by atoms with van der Waals surface area (Å²) >= 11 is 0. The van der Waals surface area contributed by atoms with Crippen molar-refractivity contribution in [3.8, 4) is 17.2 Å². The average Bonchev–Trinajstić information content (AvgIpc) is 3.17. The van der Waals surface area contributed by atoms with Crippen LogP contribution in [0.4, 0.5) is 0 Å². The van der Waals surface area contributed by atoms with Gasteiger partial charge in [0.15, 0.2) is 17.6 Å². The molecule has 0 aromatic heterocycles. The second-order valence-electron chi connectivity index (χ2n) is 7.36. The predicted octanol–water partition coefficient (Wildman–Crippen LogP) is 2.84. The van der Waals surface area contributed by atoms with Crippen LogP contribution >= 0.6 is 0 Å². The topological polar surface area (TPSA) is 51.2 Å². The minimum absolute atomic E-state index is 0.0447. The molecule has 1 amide bonds. The number of nitrogens with zero attached hydrogens (tertiary/aromatic N) is 2. The molecule has 0 N–H and O–H groups in total. The molecule has 0 bridgehead atoms. The van der Waals surface area contributed by atoms with Gasteiger partial charge in [-0.1, -0.05) is 23.8 Å². The molecule has 1 saturated heterocycles. The van der Waals surface area contributed by atoms with E-state index in [0.29, 0.717) is 19.9 Å². The standard InChI is InChI=1S/C22H26N2O4/c1-16-3-6-19(7-4-16)28-17(2)22(25)24-11-9-23(10-12-24)14-18-5-8-20-21(13-18)27-15-26-20/h3-8,13,17H,9-12,14-15H2,1-2H3. The van der Waals surface area contributed by atoms with Gasteiger partial charge in [0, 0.05) is 32.7 Å². The molecule has 0 saturated carbocycles. The third-order valence-corrected chi connectivity index (χ3v) is 5.21. The van der Waals surface area contributed by atoms with Crippen LogP contribution in [0.2, 0.25) is 0 Å². The van der Waals surface area contributed by atoms with Gasteiger partial charge in [-0.3, -0.25) is 9.69 Å². The summed E-state index contributed by atoms with van der Waals surface area (Å²) in [6.07, 6.45) is -0.483. The molecule has 1 atom stereocenters. The summed E-state index contributed by atoms with van der Waals surface area (Å²) in [6, 6.07) is 13.9. The van der Waals surface area contributed by atoms with Crippen molar-refractivity contribution in [1.82, 2.24) is 9.80 Å². The normalized spacial score (nSPS) is 17.4. The number of ether oxygens (including phenoxy) is 3. The number of fused-ring (bicyclic) bond motifs is 1. The highest BCUT2D eigenvalue weighted by Gasteiger charge is 2.26. The van der Waals surface area contributed by atoms with E-state index in [1.165, 1.54) is 11.1 Å². The average molecular weight is 382 g/mol. The van der Waals surface area contributed by atoms with Crippen LogP contribution in [-0.4, -0.2) is 54.8 Å². The zero-order chi connectivity index (χ0) is 19.5. The van der Waals surface area contributed by atoms with Crippen LogP contribution in [0.1, 0.15) is 18.1 Å². The van der Waals surface area contributed by atoms with E-state index < -0.39 is 6.10 Å². The maximum atomic E-state index is 12.7. The monoisotopic (exact) mass is 382 g/mol. The smallest absolute Gasteiger partial charge is 0.263 e. The van der Waals surface area contributed by atoms with Gasteiger partial charge in [-0.25, -0.2) is 0 Å². The van der Waals surface area contributed by atoms with Gasteiger partial charge in [0.25, 0.3) is 5.91 Å². The Bertz CT molecular complexity index is 829. The van der Waals surface area contributed by atoms with Gasteiger partial charge in [-0.2, -0.15) is 0 Å². The Labute approximate surface area is 165 Å². The molecule has 2 aliphatic rings. The summed E-state index contributed by atoms with van der Waals surface area (Å²) in [5, 5.41) is 0. The molecule has 2 aromatic carbocycles. The van der Waals surface area contributed by atoms with Gasteiger partial charge >= 0.3 is 0 Å². The number of piperazine rings is 1. The van der Waals surface area contributed by atoms with E-state index in [1.807, 2.05) is 55.1 Å². The lowest BCUT2D eigenvalue weighted by Crippen LogP contribution is -2.51. The molecule has 0 aliphatic carbocycles. The number of hydrogen-bond acceptors (Lipinski definition) is 5.